The zero-order valence-corrected chi connectivity index (χ0v) is 28.3. The maximum absolute atomic E-state index is 14.8. The van der Waals surface area contributed by atoms with E-state index in [0.717, 1.165) is 5.56 Å². The van der Waals surface area contributed by atoms with Gasteiger partial charge in [-0.2, -0.15) is 0 Å². The van der Waals surface area contributed by atoms with E-state index in [0.29, 0.717) is 52.9 Å². The van der Waals surface area contributed by atoms with Crippen molar-refractivity contribution in [2.45, 2.75) is 63.2 Å². The maximum Gasteiger partial charge on any atom is 0.279 e. The van der Waals surface area contributed by atoms with Crippen molar-refractivity contribution in [3.8, 4) is 5.69 Å². The number of hydrogen-bond acceptors (Lipinski definition) is 9. The molecule has 254 valence electrons. The Bertz CT molecular complexity index is 2140. The SMILES string of the molecule is C[C@@H]1[C@@H]([Si](C)(C)O)[C@H](CCn2cc(CCO)nn2)O[C@@]12C(=O)N(Cc1cccc(-n3[nH]c4ccccc4c3=O)c1)c1ccc([N+](=O)[O-])cc12. The highest BCUT2D eigenvalue weighted by Crippen LogP contribution is 2.60. The Balaban J connectivity index is 1.26. The van der Waals surface area contributed by atoms with Crippen LogP contribution < -0.4 is 10.5 Å². The van der Waals surface area contributed by atoms with Crippen LogP contribution in [0.1, 0.15) is 30.2 Å². The average molecular weight is 684 g/mol. The molecule has 4 heterocycles. The molecule has 15 heteroatoms. The summed E-state index contributed by atoms with van der Waals surface area (Å²) in [5.41, 5.74) is 1.26. The molecule has 3 N–H and O–H groups in total. The van der Waals surface area contributed by atoms with Gasteiger partial charge in [0, 0.05) is 54.9 Å². The van der Waals surface area contributed by atoms with Gasteiger partial charge in [-0.15, -0.1) is 5.10 Å². The van der Waals surface area contributed by atoms with E-state index < -0.39 is 30.9 Å². The lowest BCUT2D eigenvalue weighted by molar-refractivity contribution is -0.385. The largest absolute Gasteiger partial charge is 0.432 e. The van der Waals surface area contributed by atoms with Crippen LogP contribution in [0.3, 0.4) is 0 Å². The number of anilines is 1. The molecule has 2 aliphatic heterocycles. The van der Waals surface area contributed by atoms with Crippen LogP contribution in [0.25, 0.3) is 16.6 Å². The van der Waals surface area contributed by atoms with E-state index in [1.807, 2.05) is 50.3 Å². The van der Waals surface area contributed by atoms with Gasteiger partial charge in [0.25, 0.3) is 17.2 Å². The molecule has 1 spiro atoms. The number of aryl methyl sites for hydroxylation is 1. The van der Waals surface area contributed by atoms with Gasteiger partial charge < -0.3 is 19.5 Å². The van der Waals surface area contributed by atoms with Gasteiger partial charge in [-0.05, 0) is 55.4 Å². The minimum atomic E-state index is -2.98. The van der Waals surface area contributed by atoms with E-state index in [-0.39, 0.29) is 35.8 Å². The van der Waals surface area contributed by atoms with E-state index in [2.05, 4.69) is 15.4 Å². The first-order valence-electron chi connectivity index (χ1n) is 16.2. The number of ether oxygens (including phenoxy) is 1. The highest BCUT2D eigenvalue weighted by molar-refractivity contribution is 6.71. The van der Waals surface area contributed by atoms with E-state index >= 15 is 0 Å². The van der Waals surface area contributed by atoms with E-state index in [1.165, 1.54) is 16.8 Å². The minimum absolute atomic E-state index is 0.0488. The summed E-state index contributed by atoms with van der Waals surface area (Å²) in [5.74, 6) is -0.875. The number of nitrogens with zero attached hydrogens (tertiary/aromatic N) is 6. The first kappa shape index (κ1) is 32.6. The van der Waals surface area contributed by atoms with E-state index in [9.17, 15) is 29.6 Å². The third-order valence-electron chi connectivity index (χ3n) is 9.88. The number of carbonyl (C=O) groups is 1. The summed E-state index contributed by atoms with van der Waals surface area (Å²) in [4.78, 5) is 52.7. The molecule has 49 heavy (non-hydrogen) atoms. The van der Waals surface area contributed by atoms with Crippen molar-refractivity contribution in [2.24, 2.45) is 5.92 Å². The number of nitro benzene ring substituents is 1. The normalized spacial score (nSPS) is 22.0. The molecule has 2 aliphatic rings. The lowest BCUT2D eigenvalue weighted by Gasteiger charge is -2.32. The summed E-state index contributed by atoms with van der Waals surface area (Å²) in [7, 11) is -2.98. The lowest BCUT2D eigenvalue weighted by atomic mass is 9.82. The monoisotopic (exact) mass is 683 g/mol. The minimum Gasteiger partial charge on any atom is -0.432 e. The molecule has 1 amide bonds. The number of H-pyrrole nitrogens is 1. The van der Waals surface area contributed by atoms with Crippen LogP contribution in [0.15, 0.2) is 77.7 Å². The standard InChI is InChI=1S/C34H37N7O7Si/c1-21-31(49(2,3)47)30(13-15-38-20-23(14-16-42)35-37-38)48-34(21)27-18-25(41(45)46)11-12-29(27)39(33(34)44)19-22-7-6-8-24(17-22)40-32(43)26-9-4-5-10-28(26)36-40/h4-12,17-18,20-21,30-31,36,42,47H,13-16,19H2,1-3H3/t21-,30+,31-,34+/m1/s1. The van der Waals surface area contributed by atoms with Crippen molar-refractivity contribution in [1.29, 1.82) is 0 Å². The average Bonchev–Trinajstić information content (AvgIpc) is 3.80. The second-order valence-electron chi connectivity index (χ2n) is 13.4. The summed E-state index contributed by atoms with van der Waals surface area (Å²) in [5, 5.41) is 33.2. The molecule has 4 atom stereocenters. The predicted octanol–water partition coefficient (Wildman–Crippen LogP) is 3.79. The number of nitro groups is 1. The fraction of sp³-hybridized carbons (Fsp3) is 0.353. The van der Waals surface area contributed by atoms with Crippen molar-refractivity contribution in [2.75, 3.05) is 11.5 Å². The van der Waals surface area contributed by atoms with Crippen LogP contribution in [0, 0.1) is 16.0 Å². The number of benzene rings is 3. The Labute approximate surface area is 281 Å². The summed E-state index contributed by atoms with van der Waals surface area (Å²) < 4.78 is 9.95. The zero-order chi connectivity index (χ0) is 34.7. The van der Waals surface area contributed by atoms with Crippen molar-refractivity contribution in [1.82, 2.24) is 24.8 Å². The molecule has 5 aromatic rings. The van der Waals surface area contributed by atoms with E-state index in [1.54, 1.807) is 40.0 Å². The van der Waals surface area contributed by atoms with Crippen molar-refractivity contribution < 1.29 is 24.4 Å². The summed E-state index contributed by atoms with van der Waals surface area (Å²) >= 11 is 0. The zero-order valence-electron chi connectivity index (χ0n) is 27.3. The number of para-hydroxylation sites is 1. The molecule has 0 saturated carbocycles. The number of aliphatic hydroxyl groups excluding tert-OH is 1. The summed E-state index contributed by atoms with van der Waals surface area (Å²) in [6.45, 7) is 5.99. The van der Waals surface area contributed by atoms with Gasteiger partial charge in [-0.1, -0.05) is 36.4 Å². The van der Waals surface area contributed by atoms with Gasteiger partial charge in [0.1, 0.15) is 0 Å². The molecular formula is C34H37N7O7Si. The third-order valence-corrected chi connectivity index (χ3v) is 12.4. The van der Waals surface area contributed by atoms with Crippen molar-refractivity contribution in [3.05, 3.63) is 110 Å². The van der Waals surface area contributed by atoms with E-state index in [4.69, 9.17) is 4.74 Å². The summed E-state index contributed by atoms with van der Waals surface area (Å²) in [6, 6.07) is 18.9. The second kappa shape index (κ2) is 12.2. The lowest BCUT2D eigenvalue weighted by Crippen LogP contribution is -2.46. The van der Waals surface area contributed by atoms with Gasteiger partial charge in [-0.3, -0.25) is 29.5 Å². The Morgan fingerprint density at radius 3 is 2.63 bits per heavy atom. The fourth-order valence-corrected chi connectivity index (χ4v) is 10.4. The molecule has 2 aromatic heterocycles. The molecule has 14 nitrogen and oxygen atoms in total. The van der Waals surface area contributed by atoms with Gasteiger partial charge in [0.05, 0.1) is 45.5 Å². The molecule has 1 saturated heterocycles. The fourth-order valence-electron chi connectivity index (χ4n) is 7.76. The number of rotatable bonds is 10. The number of amides is 1. The molecule has 0 unspecified atom stereocenters. The number of nitrogens with one attached hydrogen (secondary N) is 1. The Kier molecular flexibility index (Phi) is 8.09. The van der Waals surface area contributed by atoms with Crippen molar-refractivity contribution in [3.63, 3.8) is 0 Å². The second-order valence-corrected chi connectivity index (χ2v) is 17.4. The van der Waals surface area contributed by atoms with Crippen LogP contribution in [-0.4, -0.2) is 66.5 Å². The number of aliphatic hydroxyl groups is 1. The van der Waals surface area contributed by atoms with Gasteiger partial charge in [-0.25, -0.2) is 4.68 Å². The predicted molar refractivity (Wildman–Crippen MR) is 183 cm³/mol. The molecule has 0 radical (unpaired) electrons. The molecule has 7 rings (SSSR count). The highest BCUT2D eigenvalue weighted by atomic mass is 28.4. The molecular weight excluding hydrogens is 647 g/mol. The highest BCUT2D eigenvalue weighted by Gasteiger charge is 2.66. The smallest absolute Gasteiger partial charge is 0.279 e. The first-order valence-corrected chi connectivity index (χ1v) is 19.2. The number of aromatic nitrogens is 5. The van der Waals surface area contributed by atoms with Crippen LogP contribution in [0.4, 0.5) is 11.4 Å². The quantitative estimate of drug-likeness (QED) is 0.112. The number of aromatic amines is 1. The number of carbonyl (C=O) groups excluding carboxylic acids is 1. The molecule has 0 aliphatic carbocycles. The van der Waals surface area contributed by atoms with Gasteiger partial charge in [0.2, 0.25) is 0 Å². The van der Waals surface area contributed by atoms with Crippen LogP contribution in [0.5, 0.6) is 0 Å². The Morgan fingerprint density at radius 2 is 1.90 bits per heavy atom. The number of hydrogen-bond donors (Lipinski definition) is 3. The number of non-ortho nitro benzene ring substituents is 1. The van der Waals surface area contributed by atoms with Crippen LogP contribution in [0.2, 0.25) is 18.6 Å². The third kappa shape index (κ3) is 5.48. The van der Waals surface area contributed by atoms with Crippen molar-refractivity contribution >= 4 is 36.5 Å². The van der Waals surface area contributed by atoms with Gasteiger partial charge >= 0.3 is 0 Å². The van der Waals surface area contributed by atoms with Crippen LogP contribution >= 0.6 is 0 Å². The Morgan fingerprint density at radius 1 is 1.10 bits per heavy atom. The van der Waals surface area contributed by atoms with Crippen LogP contribution in [-0.2, 0) is 34.6 Å². The summed E-state index contributed by atoms with van der Waals surface area (Å²) in [6.07, 6.45) is 1.98. The first-order chi connectivity index (χ1) is 23.4. The maximum atomic E-state index is 14.8. The topological polar surface area (TPSA) is 182 Å². The molecule has 3 aromatic carbocycles. The molecule has 1 fully saturated rings. The van der Waals surface area contributed by atoms with Gasteiger partial charge in [0.15, 0.2) is 13.9 Å². The number of fused-ring (bicyclic) bond motifs is 3. The Hall–Kier alpha value is -4.96. The molecule has 0 bridgehead atoms.